The second kappa shape index (κ2) is 10.4. The summed E-state index contributed by atoms with van der Waals surface area (Å²) < 4.78 is 0. The monoisotopic (exact) mass is 363 g/mol. The van der Waals surface area contributed by atoms with Gasteiger partial charge in [-0.05, 0) is 18.4 Å². The maximum Gasteiger partial charge on any atom is 0.192 e. The van der Waals surface area contributed by atoms with Gasteiger partial charge in [0.1, 0.15) is 0 Å². The zero-order chi connectivity index (χ0) is 11.6. The molecule has 5 heteroatoms. The normalized spacial score (nSPS) is 10.2. The van der Waals surface area contributed by atoms with E-state index in [2.05, 4.69) is 39.1 Å². The van der Waals surface area contributed by atoms with Crippen molar-refractivity contribution < 1.29 is 0 Å². The van der Waals surface area contributed by atoms with Gasteiger partial charge in [0.25, 0.3) is 0 Å². The SMILES string of the molecule is C#CCNC(=NCCc1cccs1)NCC.I. The number of terminal acetylenes is 1. The molecule has 1 aromatic heterocycles. The lowest BCUT2D eigenvalue weighted by atomic mass is 10.3. The highest BCUT2D eigenvalue weighted by Crippen LogP contribution is 2.08. The lowest BCUT2D eigenvalue weighted by Gasteiger charge is -2.08. The van der Waals surface area contributed by atoms with Gasteiger partial charge >= 0.3 is 0 Å². The van der Waals surface area contributed by atoms with Crippen LogP contribution in [0.15, 0.2) is 22.5 Å². The van der Waals surface area contributed by atoms with Crippen LogP contribution in [0.1, 0.15) is 11.8 Å². The van der Waals surface area contributed by atoms with E-state index < -0.39 is 0 Å². The number of thiophene rings is 1. The Balaban J connectivity index is 0.00000256. The second-order valence-electron chi connectivity index (χ2n) is 3.15. The summed E-state index contributed by atoms with van der Waals surface area (Å²) in [7, 11) is 0. The molecular formula is C12H18IN3S. The Bertz CT molecular complexity index is 354. The highest BCUT2D eigenvalue weighted by Gasteiger charge is 1.95. The number of hydrogen-bond donors (Lipinski definition) is 2. The van der Waals surface area contributed by atoms with Gasteiger partial charge in [-0.1, -0.05) is 12.0 Å². The number of nitrogens with one attached hydrogen (secondary N) is 2. The smallest absolute Gasteiger partial charge is 0.192 e. The molecule has 0 bridgehead atoms. The van der Waals surface area contributed by atoms with Gasteiger partial charge in [-0.25, -0.2) is 0 Å². The number of aliphatic imine (C=N–C) groups is 1. The Hall–Kier alpha value is -0.740. The van der Waals surface area contributed by atoms with Crippen LogP contribution in [0.3, 0.4) is 0 Å². The van der Waals surface area contributed by atoms with Gasteiger partial charge in [0.2, 0.25) is 0 Å². The highest BCUT2D eigenvalue weighted by atomic mass is 127. The second-order valence-corrected chi connectivity index (χ2v) is 4.18. The molecule has 0 saturated heterocycles. The van der Waals surface area contributed by atoms with Crippen LogP contribution in [0.5, 0.6) is 0 Å². The summed E-state index contributed by atoms with van der Waals surface area (Å²) in [5, 5.41) is 8.29. The van der Waals surface area contributed by atoms with E-state index in [1.165, 1.54) is 4.88 Å². The van der Waals surface area contributed by atoms with Crippen LogP contribution < -0.4 is 10.6 Å². The molecule has 2 N–H and O–H groups in total. The molecule has 0 fully saturated rings. The van der Waals surface area contributed by atoms with E-state index in [0.29, 0.717) is 6.54 Å². The Kier molecular flexibility index (Phi) is 9.96. The number of hydrogen-bond acceptors (Lipinski definition) is 2. The summed E-state index contributed by atoms with van der Waals surface area (Å²) in [6.45, 7) is 4.16. The Labute approximate surface area is 124 Å². The van der Waals surface area contributed by atoms with Crippen LogP contribution >= 0.6 is 35.3 Å². The minimum Gasteiger partial charge on any atom is -0.357 e. The zero-order valence-corrected chi connectivity index (χ0v) is 13.0. The summed E-state index contributed by atoms with van der Waals surface area (Å²) in [4.78, 5) is 5.79. The number of halogens is 1. The van der Waals surface area contributed by atoms with Crippen molar-refractivity contribution in [3.63, 3.8) is 0 Å². The zero-order valence-electron chi connectivity index (χ0n) is 9.90. The topological polar surface area (TPSA) is 36.4 Å². The quantitative estimate of drug-likeness (QED) is 0.364. The highest BCUT2D eigenvalue weighted by molar-refractivity contribution is 14.0. The van der Waals surface area contributed by atoms with Crippen molar-refractivity contribution in [2.24, 2.45) is 4.99 Å². The number of guanidine groups is 1. The van der Waals surface area contributed by atoms with E-state index in [4.69, 9.17) is 6.42 Å². The minimum atomic E-state index is 0. The predicted octanol–water partition coefficient (Wildman–Crippen LogP) is 2.10. The van der Waals surface area contributed by atoms with Crippen molar-refractivity contribution in [2.75, 3.05) is 19.6 Å². The molecule has 3 nitrogen and oxygen atoms in total. The maximum atomic E-state index is 5.19. The molecule has 0 aliphatic rings. The van der Waals surface area contributed by atoms with E-state index in [1.807, 2.05) is 6.92 Å². The summed E-state index contributed by atoms with van der Waals surface area (Å²) >= 11 is 1.76. The van der Waals surface area contributed by atoms with Gasteiger partial charge in [-0.3, -0.25) is 4.99 Å². The number of rotatable bonds is 5. The first kappa shape index (κ1) is 16.3. The summed E-state index contributed by atoms with van der Waals surface area (Å²) in [6.07, 6.45) is 6.16. The van der Waals surface area contributed by atoms with E-state index in [-0.39, 0.29) is 24.0 Å². The van der Waals surface area contributed by atoms with Crippen molar-refractivity contribution in [1.82, 2.24) is 10.6 Å². The van der Waals surface area contributed by atoms with E-state index in [0.717, 1.165) is 25.5 Å². The van der Waals surface area contributed by atoms with E-state index in [1.54, 1.807) is 11.3 Å². The summed E-state index contributed by atoms with van der Waals surface area (Å²) in [5.41, 5.74) is 0. The fourth-order valence-corrected chi connectivity index (χ4v) is 1.91. The lowest BCUT2D eigenvalue weighted by Crippen LogP contribution is -2.37. The van der Waals surface area contributed by atoms with Crippen LogP contribution in [0.25, 0.3) is 0 Å². The first-order valence-corrected chi connectivity index (χ1v) is 6.22. The summed E-state index contributed by atoms with van der Waals surface area (Å²) in [5.74, 6) is 3.32. The molecule has 0 aromatic carbocycles. The Morgan fingerprint density at radius 2 is 2.35 bits per heavy atom. The molecule has 0 atom stereocenters. The van der Waals surface area contributed by atoms with E-state index in [9.17, 15) is 0 Å². The largest absolute Gasteiger partial charge is 0.357 e. The maximum absolute atomic E-state index is 5.19. The molecule has 1 rings (SSSR count). The summed E-state index contributed by atoms with van der Waals surface area (Å²) in [6, 6.07) is 4.19. The first-order valence-electron chi connectivity index (χ1n) is 5.34. The van der Waals surface area contributed by atoms with Gasteiger partial charge in [-0.2, -0.15) is 0 Å². The van der Waals surface area contributed by atoms with Crippen molar-refractivity contribution in [1.29, 1.82) is 0 Å². The van der Waals surface area contributed by atoms with Crippen molar-refractivity contribution in [3.8, 4) is 12.3 Å². The molecule has 0 radical (unpaired) electrons. The third-order valence-corrected chi connectivity index (χ3v) is 2.85. The standard InChI is InChI=1S/C12H17N3S.HI/c1-3-8-14-12(13-4-2)15-9-7-11-6-5-10-16-11;/h1,5-6,10H,4,7-9H2,2H3,(H2,13,14,15);1H. The fraction of sp³-hybridized carbons (Fsp3) is 0.417. The Morgan fingerprint density at radius 1 is 1.53 bits per heavy atom. The fourth-order valence-electron chi connectivity index (χ4n) is 1.21. The predicted molar refractivity (Wildman–Crippen MR) is 86.3 cm³/mol. The van der Waals surface area contributed by atoms with Gasteiger partial charge < -0.3 is 10.6 Å². The van der Waals surface area contributed by atoms with Gasteiger partial charge in [-0.15, -0.1) is 41.7 Å². The molecule has 1 aromatic rings. The third kappa shape index (κ3) is 7.23. The molecular weight excluding hydrogens is 345 g/mol. The molecule has 94 valence electrons. The van der Waals surface area contributed by atoms with Crippen LogP contribution in [0.4, 0.5) is 0 Å². The van der Waals surface area contributed by atoms with Crippen molar-refractivity contribution in [3.05, 3.63) is 22.4 Å². The molecule has 0 unspecified atom stereocenters. The minimum absolute atomic E-state index is 0. The van der Waals surface area contributed by atoms with E-state index >= 15 is 0 Å². The molecule has 0 saturated carbocycles. The van der Waals surface area contributed by atoms with Crippen LogP contribution in [0.2, 0.25) is 0 Å². The van der Waals surface area contributed by atoms with Crippen LogP contribution in [-0.4, -0.2) is 25.6 Å². The lowest BCUT2D eigenvalue weighted by molar-refractivity contribution is 0.858. The molecule has 0 aliphatic heterocycles. The van der Waals surface area contributed by atoms with Crippen LogP contribution in [0, 0.1) is 12.3 Å². The average molecular weight is 363 g/mol. The molecule has 0 amide bonds. The van der Waals surface area contributed by atoms with Gasteiger partial charge in [0.15, 0.2) is 5.96 Å². The van der Waals surface area contributed by atoms with Gasteiger partial charge in [0, 0.05) is 24.4 Å². The van der Waals surface area contributed by atoms with Crippen LogP contribution in [-0.2, 0) is 6.42 Å². The number of nitrogens with zero attached hydrogens (tertiary/aromatic N) is 1. The molecule has 0 spiro atoms. The average Bonchev–Trinajstić information content (AvgIpc) is 2.79. The first-order chi connectivity index (χ1) is 7.86. The molecule has 17 heavy (non-hydrogen) atoms. The van der Waals surface area contributed by atoms with Crippen molar-refractivity contribution >= 4 is 41.3 Å². The molecule has 0 aliphatic carbocycles. The Morgan fingerprint density at radius 3 is 2.94 bits per heavy atom. The van der Waals surface area contributed by atoms with Crippen molar-refractivity contribution in [2.45, 2.75) is 13.3 Å². The third-order valence-electron chi connectivity index (χ3n) is 1.91. The van der Waals surface area contributed by atoms with Gasteiger partial charge in [0.05, 0.1) is 6.54 Å². The molecule has 1 heterocycles.